The number of benzene rings is 6. The third-order valence-corrected chi connectivity index (χ3v) is 9.84. The maximum atomic E-state index is 10.2. The van der Waals surface area contributed by atoms with Gasteiger partial charge < -0.3 is 24.4 Å². The lowest BCUT2D eigenvalue weighted by Gasteiger charge is -2.38. The van der Waals surface area contributed by atoms with E-state index in [1.54, 1.807) is 38.5 Å². The first-order chi connectivity index (χ1) is 22.7. The summed E-state index contributed by atoms with van der Waals surface area (Å²) in [6.07, 6.45) is 4.27. The minimum Gasteiger partial charge on any atom is -0.508 e. The van der Waals surface area contributed by atoms with E-state index in [1.807, 2.05) is 36.4 Å². The molecule has 0 unspecified atom stereocenters. The number of hydrogen-bond acceptors (Lipinski definition) is 5. The van der Waals surface area contributed by atoms with Gasteiger partial charge in [0.15, 0.2) is 17.1 Å². The molecule has 1 heterocycles. The van der Waals surface area contributed by atoms with Crippen molar-refractivity contribution in [2.75, 3.05) is 14.2 Å². The molecule has 5 nitrogen and oxygen atoms in total. The van der Waals surface area contributed by atoms with E-state index >= 15 is 0 Å². The van der Waals surface area contributed by atoms with Crippen molar-refractivity contribution >= 4 is 16.8 Å². The van der Waals surface area contributed by atoms with E-state index in [2.05, 4.69) is 74.5 Å². The predicted molar refractivity (Wildman–Crippen MR) is 187 cm³/mol. The highest BCUT2D eigenvalue weighted by Crippen LogP contribution is 2.59. The second-order valence-electron chi connectivity index (χ2n) is 12.8. The number of ether oxygens (including phenoxy) is 3. The summed E-state index contributed by atoms with van der Waals surface area (Å²) in [7, 11) is 3.30. The van der Waals surface area contributed by atoms with Gasteiger partial charge in [-0.2, -0.15) is 0 Å². The van der Waals surface area contributed by atoms with Crippen LogP contribution in [0.5, 0.6) is 28.7 Å². The Bertz CT molecular complexity index is 2170. The monoisotopic (exact) mass is 618 g/mol. The lowest BCUT2D eigenvalue weighted by atomic mass is 9.76. The highest BCUT2D eigenvalue weighted by molar-refractivity contribution is 6.09. The summed E-state index contributed by atoms with van der Waals surface area (Å²) in [6.45, 7) is 4.57. The van der Waals surface area contributed by atoms with E-state index in [0.29, 0.717) is 11.5 Å². The minimum atomic E-state index is -1.04. The van der Waals surface area contributed by atoms with Gasteiger partial charge in [-0.05, 0) is 87.3 Å². The van der Waals surface area contributed by atoms with Crippen LogP contribution < -0.4 is 14.2 Å². The number of phenols is 2. The zero-order valence-electron chi connectivity index (χ0n) is 26.7. The molecule has 6 aromatic carbocycles. The van der Waals surface area contributed by atoms with Crippen molar-refractivity contribution in [2.45, 2.75) is 24.9 Å². The van der Waals surface area contributed by atoms with Gasteiger partial charge in [0.1, 0.15) is 17.2 Å². The van der Waals surface area contributed by atoms with Gasteiger partial charge in [0.2, 0.25) is 0 Å². The topological polar surface area (TPSA) is 68.2 Å². The Morgan fingerprint density at radius 2 is 1.23 bits per heavy atom. The van der Waals surface area contributed by atoms with Gasteiger partial charge in [-0.3, -0.25) is 0 Å². The Morgan fingerprint density at radius 1 is 0.638 bits per heavy atom. The van der Waals surface area contributed by atoms with E-state index in [1.165, 1.54) is 27.8 Å². The molecule has 2 aliphatic rings. The van der Waals surface area contributed by atoms with Crippen LogP contribution >= 0.6 is 0 Å². The Kier molecular flexibility index (Phi) is 6.38. The molecule has 0 amide bonds. The van der Waals surface area contributed by atoms with E-state index < -0.39 is 5.60 Å². The molecule has 1 aliphatic heterocycles. The van der Waals surface area contributed by atoms with Gasteiger partial charge >= 0.3 is 0 Å². The summed E-state index contributed by atoms with van der Waals surface area (Å²) in [5, 5.41) is 22.3. The first kappa shape index (κ1) is 28.8. The van der Waals surface area contributed by atoms with Crippen molar-refractivity contribution in [1.82, 2.24) is 0 Å². The molecule has 47 heavy (non-hydrogen) atoms. The molecular weight excluding hydrogens is 584 g/mol. The Morgan fingerprint density at radius 3 is 1.83 bits per heavy atom. The fourth-order valence-electron chi connectivity index (χ4n) is 7.51. The van der Waals surface area contributed by atoms with Crippen LogP contribution in [0.1, 0.15) is 41.7 Å². The molecule has 0 saturated heterocycles. The second kappa shape index (κ2) is 10.4. The van der Waals surface area contributed by atoms with Gasteiger partial charge in [0.05, 0.1) is 14.2 Å². The number of phenolic OH excluding ortho intramolecular Hbond substituents is 2. The molecule has 0 radical (unpaired) electrons. The molecule has 6 aromatic rings. The zero-order valence-corrected chi connectivity index (χ0v) is 26.7. The van der Waals surface area contributed by atoms with Crippen LogP contribution in [0, 0.1) is 0 Å². The molecular formula is C42H34O5. The van der Waals surface area contributed by atoms with Crippen molar-refractivity contribution in [1.29, 1.82) is 0 Å². The lowest BCUT2D eigenvalue weighted by Crippen LogP contribution is -2.35. The van der Waals surface area contributed by atoms with E-state index in [-0.39, 0.29) is 16.9 Å². The minimum absolute atomic E-state index is 0.171. The highest BCUT2D eigenvalue weighted by Gasteiger charge is 2.44. The first-order valence-electron chi connectivity index (χ1n) is 15.7. The van der Waals surface area contributed by atoms with Crippen molar-refractivity contribution < 1.29 is 24.4 Å². The smallest absolute Gasteiger partial charge is 0.178 e. The molecule has 1 aliphatic carbocycles. The van der Waals surface area contributed by atoms with Crippen molar-refractivity contribution in [2.24, 2.45) is 0 Å². The molecule has 0 aromatic heterocycles. The fourth-order valence-corrected chi connectivity index (χ4v) is 7.51. The van der Waals surface area contributed by atoms with Gasteiger partial charge in [-0.1, -0.05) is 86.7 Å². The van der Waals surface area contributed by atoms with Crippen LogP contribution in [0.3, 0.4) is 0 Å². The molecule has 0 saturated carbocycles. The van der Waals surface area contributed by atoms with Crippen LogP contribution in [0.25, 0.3) is 39.1 Å². The summed E-state index contributed by atoms with van der Waals surface area (Å²) >= 11 is 0. The Hall–Kier alpha value is -5.68. The van der Waals surface area contributed by atoms with Crippen molar-refractivity contribution in [3.05, 3.63) is 143 Å². The number of fused-ring (bicyclic) bond motifs is 8. The van der Waals surface area contributed by atoms with Gasteiger partial charge in [0.25, 0.3) is 0 Å². The lowest BCUT2D eigenvalue weighted by molar-refractivity contribution is 0.163. The quantitative estimate of drug-likeness (QED) is 0.201. The summed E-state index contributed by atoms with van der Waals surface area (Å²) < 4.78 is 19.0. The molecule has 0 fully saturated rings. The third kappa shape index (κ3) is 4.23. The van der Waals surface area contributed by atoms with Gasteiger partial charge in [-0.25, -0.2) is 0 Å². The van der Waals surface area contributed by atoms with E-state index in [4.69, 9.17) is 14.2 Å². The predicted octanol–water partition coefficient (Wildman–Crippen LogP) is 9.59. The summed E-state index contributed by atoms with van der Waals surface area (Å²) in [5.41, 5.74) is 8.43. The van der Waals surface area contributed by atoms with Crippen LogP contribution in [0.2, 0.25) is 0 Å². The summed E-state index contributed by atoms with van der Waals surface area (Å²) in [5.74, 6) is 2.32. The molecule has 0 spiro atoms. The van der Waals surface area contributed by atoms with E-state index in [0.717, 1.165) is 38.8 Å². The summed E-state index contributed by atoms with van der Waals surface area (Å²) in [6, 6.07) is 35.5. The van der Waals surface area contributed by atoms with Gasteiger partial charge in [0, 0.05) is 27.5 Å². The first-order valence-corrected chi connectivity index (χ1v) is 15.7. The largest absolute Gasteiger partial charge is 0.508 e. The number of methoxy groups -OCH3 is 2. The number of hydrogen-bond donors (Lipinski definition) is 2. The Labute approximate surface area is 273 Å². The average molecular weight is 619 g/mol. The molecule has 232 valence electrons. The zero-order chi connectivity index (χ0) is 32.5. The average Bonchev–Trinajstić information content (AvgIpc) is 3.34. The number of aromatic hydroxyl groups is 2. The normalized spacial score (nSPS) is 15.0. The SMILES string of the molecule is COc1cc2c3c(c4c(c2cc1OC)-c1ccc(-c2ccccc2)cc1C4(C)C)C=CC(c1ccc(O)cc1)(c1ccc(O)cc1)O3. The summed E-state index contributed by atoms with van der Waals surface area (Å²) in [4.78, 5) is 0. The maximum absolute atomic E-state index is 10.2. The Balaban J connectivity index is 1.44. The van der Waals surface area contributed by atoms with Crippen molar-refractivity contribution in [3.63, 3.8) is 0 Å². The van der Waals surface area contributed by atoms with Crippen LogP contribution in [-0.4, -0.2) is 24.4 Å². The molecule has 0 bridgehead atoms. The van der Waals surface area contributed by atoms with Crippen LogP contribution in [0.4, 0.5) is 0 Å². The molecule has 2 N–H and O–H groups in total. The molecule has 8 rings (SSSR count). The third-order valence-electron chi connectivity index (χ3n) is 9.84. The fraction of sp³-hybridized carbons (Fsp3) is 0.143. The van der Waals surface area contributed by atoms with Crippen LogP contribution in [-0.2, 0) is 11.0 Å². The van der Waals surface area contributed by atoms with E-state index in [9.17, 15) is 10.2 Å². The molecule has 5 heteroatoms. The molecule has 0 atom stereocenters. The van der Waals surface area contributed by atoms with Crippen molar-refractivity contribution in [3.8, 4) is 51.0 Å². The highest BCUT2D eigenvalue weighted by atomic mass is 16.5. The van der Waals surface area contributed by atoms with Crippen LogP contribution in [0.15, 0.2) is 115 Å². The number of rotatable bonds is 5. The second-order valence-corrected chi connectivity index (χ2v) is 12.8. The maximum Gasteiger partial charge on any atom is 0.178 e. The standard InChI is InChI=1S/C42H34O5/c1-41(2)35-22-26(25-8-6-5-7-9-25)10-19-31(35)38-33-23-36(45-3)37(46-4)24-34(33)40-32(39(38)41)20-21-42(47-40,27-11-15-29(43)16-12-27)28-13-17-30(44)18-14-28/h5-24,43-44H,1-4H3. The van der Waals surface area contributed by atoms with Gasteiger partial charge in [-0.15, -0.1) is 0 Å².